The molecule has 4 heteroatoms. The van der Waals surface area contributed by atoms with E-state index in [1.165, 1.54) is 0 Å². The molecule has 0 saturated carbocycles. The van der Waals surface area contributed by atoms with Gasteiger partial charge in [0.1, 0.15) is 0 Å². The molecule has 0 radical (unpaired) electrons. The molecule has 1 saturated heterocycles. The summed E-state index contributed by atoms with van der Waals surface area (Å²) in [5, 5.41) is 2.63. The second-order valence-electron chi connectivity index (χ2n) is 4.02. The number of carbonyl (C=O) groups excluding carboxylic acids is 2. The maximum Gasteiger partial charge on any atom is 0.226 e. The van der Waals surface area contributed by atoms with Crippen molar-refractivity contribution in [2.45, 2.75) is 26.2 Å². The van der Waals surface area contributed by atoms with Crippen molar-refractivity contribution in [3.8, 4) is 0 Å². The minimum Gasteiger partial charge on any atom is -0.359 e. The van der Waals surface area contributed by atoms with Crippen LogP contribution in [0.15, 0.2) is 12.2 Å². The van der Waals surface area contributed by atoms with E-state index in [9.17, 15) is 9.59 Å². The first-order valence-corrected chi connectivity index (χ1v) is 5.83. The van der Waals surface area contributed by atoms with E-state index < -0.39 is 0 Å². The van der Waals surface area contributed by atoms with Crippen LogP contribution in [0, 0.1) is 5.92 Å². The van der Waals surface area contributed by atoms with E-state index in [0.717, 1.165) is 12.8 Å². The van der Waals surface area contributed by atoms with Gasteiger partial charge in [-0.2, -0.15) is 0 Å². The summed E-state index contributed by atoms with van der Waals surface area (Å²) in [6.07, 6.45) is 6.07. The number of carbonyl (C=O) groups is 2. The molecule has 1 aliphatic rings. The first-order valence-electron chi connectivity index (χ1n) is 5.83. The van der Waals surface area contributed by atoms with Gasteiger partial charge < -0.3 is 10.2 Å². The maximum absolute atomic E-state index is 11.7. The van der Waals surface area contributed by atoms with Crippen molar-refractivity contribution in [2.24, 2.45) is 5.92 Å². The molecule has 1 rings (SSSR count). The smallest absolute Gasteiger partial charge is 0.226 e. The molecular formula is C12H20N2O2. The van der Waals surface area contributed by atoms with Gasteiger partial charge in [0.25, 0.3) is 0 Å². The molecule has 0 aromatic heterocycles. The Kier molecular flexibility index (Phi) is 5.02. The van der Waals surface area contributed by atoms with Gasteiger partial charge in [0.05, 0.1) is 5.92 Å². The van der Waals surface area contributed by atoms with Gasteiger partial charge in [0.2, 0.25) is 11.8 Å². The van der Waals surface area contributed by atoms with Gasteiger partial charge >= 0.3 is 0 Å². The Hall–Kier alpha value is -1.32. The van der Waals surface area contributed by atoms with Gasteiger partial charge in [-0.25, -0.2) is 0 Å². The molecule has 2 amide bonds. The molecule has 1 N–H and O–H groups in total. The zero-order chi connectivity index (χ0) is 12.0. The number of amides is 2. The van der Waals surface area contributed by atoms with Crippen LogP contribution in [-0.4, -0.2) is 36.9 Å². The Bertz CT molecular complexity index is 287. The highest BCUT2D eigenvalue weighted by Crippen LogP contribution is 2.17. The minimum absolute atomic E-state index is 0.0240. The van der Waals surface area contributed by atoms with Gasteiger partial charge in [0.15, 0.2) is 0 Å². The molecule has 90 valence electrons. The first-order chi connectivity index (χ1) is 7.69. The van der Waals surface area contributed by atoms with Gasteiger partial charge in [0, 0.05) is 26.6 Å². The van der Waals surface area contributed by atoms with Crippen molar-refractivity contribution in [1.29, 1.82) is 0 Å². The van der Waals surface area contributed by atoms with E-state index >= 15 is 0 Å². The van der Waals surface area contributed by atoms with Crippen LogP contribution in [0.5, 0.6) is 0 Å². The predicted molar refractivity (Wildman–Crippen MR) is 62.8 cm³/mol. The average Bonchev–Trinajstić information content (AvgIpc) is 2.77. The maximum atomic E-state index is 11.7. The standard InChI is InChI=1S/C12H20N2O2/c1-3-4-5-6-11(15)14-8-7-10(9-14)12(16)13-2/h4-5,10H,3,6-9H2,1-2H3,(H,13,16)/b5-4+/t10-/m0/s1. The highest BCUT2D eigenvalue weighted by atomic mass is 16.2. The third-order valence-corrected chi connectivity index (χ3v) is 2.85. The second-order valence-corrected chi connectivity index (χ2v) is 4.02. The molecule has 4 nitrogen and oxygen atoms in total. The Balaban J connectivity index is 2.37. The van der Waals surface area contributed by atoms with Gasteiger partial charge in [-0.15, -0.1) is 0 Å². The monoisotopic (exact) mass is 224 g/mol. The topological polar surface area (TPSA) is 49.4 Å². The normalized spacial score (nSPS) is 20.4. The lowest BCUT2D eigenvalue weighted by Crippen LogP contribution is -2.32. The summed E-state index contributed by atoms with van der Waals surface area (Å²) in [5.74, 6) is 0.139. The van der Waals surface area contributed by atoms with Gasteiger partial charge in [-0.3, -0.25) is 9.59 Å². The summed E-state index contributed by atoms with van der Waals surface area (Å²) in [7, 11) is 1.64. The summed E-state index contributed by atoms with van der Waals surface area (Å²) in [4.78, 5) is 24.9. The predicted octanol–water partition coefficient (Wildman–Crippen LogP) is 0.937. The lowest BCUT2D eigenvalue weighted by atomic mass is 10.1. The van der Waals surface area contributed by atoms with E-state index in [4.69, 9.17) is 0 Å². The third kappa shape index (κ3) is 3.36. The van der Waals surface area contributed by atoms with Crippen LogP contribution in [-0.2, 0) is 9.59 Å². The van der Waals surface area contributed by atoms with Crippen LogP contribution in [0.2, 0.25) is 0 Å². The van der Waals surface area contributed by atoms with Crippen LogP contribution >= 0.6 is 0 Å². The third-order valence-electron chi connectivity index (χ3n) is 2.85. The molecule has 1 fully saturated rings. The van der Waals surface area contributed by atoms with E-state index in [-0.39, 0.29) is 17.7 Å². The zero-order valence-electron chi connectivity index (χ0n) is 10.0. The fourth-order valence-electron chi connectivity index (χ4n) is 1.88. The number of allylic oxidation sites excluding steroid dienone is 1. The lowest BCUT2D eigenvalue weighted by Gasteiger charge is -2.15. The molecule has 0 aliphatic carbocycles. The van der Waals surface area contributed by atoms with Crippen molar-refractivity contribution in [3.05, 3.63) is 12.2 Å². The molecule has 0 spiro atoms. The molecular weight excluding hydrogens is 204 g/mol. The van der Waals surface area contributed by atoms with Crippen LogP contribution < -0.4 is 5.32 Å². The molecule has 1 atom stereocenters. The number of likely N-dealkylation sites (tertiary alicyclic amines) is 1. The van der Waals surface area contributed by atoms with Crippen LogP contribution in [0.1, 0.15) is 26.2 Å². The summed E-state index contributed by atoms with van der Waals surface area (Å²) >= 11 is 0. The Morgan fingerprint density at radius 3 is 2.81 bits per heavy atom. The molecule has 0 aromatic rings. The van der Waals surface area contributed by atoms with E-state index in [0.29, 0.717) is 19.5 Å². The number of nitrogens with one attached hydrogen (secondary N) is 1. The van der Waals surface area contributed by atoms with E-state index in [1.807, 2.05) is 19.1 Å². The van der Waals surface area contributed by atoms with Crippen LogP contribution in [0.25, 0.3) is 0 Å². The summed E-state index contributed by atoms with van der Waals surface area (Å²) in [6, 6.07) is 0. The van der Waals surface area contributed by atoms with Crippen molar-refractivity contribution in [1.82, 2.24) is 10.2 Å². The summed E-state index contributed by atoms with van der Waals surface area (Å²) < 4.78 is 0. The lowest BCUT2D eigenvalue weighted by molar-refractivity contribution is -0.129. The first kappa shape index (κ1) is 12.7. The Morgan fingerprint density at radius 2 is 2.19 bits per heavy atom. The van der Waals surface area contributed by atoms with E-state index in [2.05, 4.69) is 5.32 Å². The van der Waals surface area contributed by atoms with Crippen molar-refractivity contribution < 1.29 is 9.59 Å². The highest BCUT2D eigenvalue weighted by molar-refractivity contribution is 5.82. The number of nitrogens with zero attached hydrogens (tertiary/aromatic N) is 1. The molecule has 0 bridgehead atoms. The fraction of sp³-hybridized carbons (Fsp3) is 0.667. The molecule has 16 heavy (non-hydrogen) atoms. The number of hydrogen-bond acceptors (Lipinski definition) is 2. The van der Waals surface area contributed by atoms with Crippen molar-refractivity contribution >= 4 is 11.8 Å². The highest BCUT2D eigenvalue weighted by Gasteiger charge is 2.29. The molecule has 0 unspecified atom stereocenters. The largest absolute Gasteiger partial charge is 0.359 e. The van der Waals surface area contributed by atoms with Gasteiger partial charge in [-0.1, -0.05) is 19.1 Å². The fourth-order valence-corrected chi connectivity index (χ4v) is 1.88. The number of hydrogen-bond donors (Lipinski definition) is 1. The number of rotatable bonds is 4. The van der Waals surface area contributed by atoms with Crippen LogP contribution in [0.3, 0.4) is 0 Å². The Morgan fingerprint density at radius 1 is 1.44 bits per heavy atom. The SMILES string of the molecule is CC/C=C/CC(=O)N1CC[C@H](C(=O)NC)C1. The average molecular weight is 224 g/mol. The van der Waals surface area contributed by atoms with Crippen molar-refractivity contribution in [3.63, 3.8) is 0 Å². The van der Waals surface area contributed by atoms with Crippen LogP contribution in [0.4, 0.5) is 0 Å². The molecule has 0 aromatic carbocycles. The summed E-state index contributed by atoms with van der Waals surface area (Å²) in [6.45, 7) is 3.31. The van der Waals surface area contributed by atoms with Crippen molar-refractivity contribution in [2.75, 3.05) is 20.1 Å². The zero-order valence-corrected chi connectivity index (χ0v) is 10.0. The second kappa shape index (κ2) is 6.30. The molecule has 1 heterocycles. The van der Waals surface area contributed by atoms with E-state index in [1.54, 1.807) is 11.9 Å². The summed E-state index contributed by atoms with van der Waals surface area (Å²) in [5.41, 5.74) is 0. The quantitative estimate of drug-likeness (QED) is 0.722. The Labute approximate surface area is 96.7 Å². The minimum atomic E-state index is -0.0240. The van der Waals surface area contributed by atoms with Gasteiger partial charge in [-0.05, 0) is 12.8 Å². The molecule has 1 aliphatic heterocycles.